The highest BCUT2D eigenvalue weighted by atomic mass is 19.4. The molecular formula is C8H3F9O4. The standard InChI is InChI=1S/C8H3F9O4/c1-21-4(20)5(9,8(15,16)17)2(18)6(10,11)3(19)7(12,13)14/h1H3. The first-order valence-electron chi connectivity index (χ1n) is 4.43. The van der Waals surface area contributed by atoms with Gasteiger partial charge in [0.1, 0.15) is 0 Å². The smallest absolute Gasteiger partial charge is 0.456 e. The van der Waals surface area contributed by atoms with Gasteiger partial charge in [-0.15, -0.1) is 0 Å². The minimum Gasteiger partial charge on any atom is -0.466 e. The molecule has 0 fully saturated rings. The summed E-state index contributed by atoms with van der Waals surface area (Å²) in [5, 5.41) is 0. The van der Waals surface area contributed by atoms with E-state index in [-0.39, 0.29) is 7.11 Å². The van der Waals surface area contributed by atoms with Gasteiger partial charge < -0.3 is 4.74 Å². The van der Waals surface area contributed by atoms with E-state index in [0.717, 1.165) is 0 Å². The normalized spacial score (nSPS) is 16.1. The van der Waals surface area contributed by atoms with Crippen LogP contribution in [0.1, 0.15) is 0 Å². The molecule has 0 saturated carbocycles. The molecule has 0 aliphatic rings. The fraction of sp³-hybridized carbons (Fsp3) is 0.625. The zero-order valence-corrected chi connectivity index (χ0v) is 9.53. The summed E-state index contributed by atoms with van der Waals surface area (Å²) >= 11 is 0. The number of rotatable bonds is 4. The van der Waals surface area contributed by atoms with Crippen molar-refractivity contribution >= 4 is 17.5 Å². The molecule has 0 aromatic carbocycles. The third-order valence-corrected chi connectivity index (χ3v) is 2.00. The van der Waals surface area contributed by atoms with E-state index in [2.05, 4.69) is 4.74 Å². The number of esters is 1. The quantitative estimate of drug-likeness (QED) is 0.447. The van der Waals surface area contributed by atoms with Gasteiger partial charge in [0, 0.05) is 0 Å². The molecule has 0 aromatic rings. The second-order valence-corrected chi connectivity index (χ2v) is 3.38. The maximum absolute atomic E-state index is 13.4. The Morgan fingerprint density at radius 2 is 1.14 bits per heavy atom. The Bertz CT molecular complexity index is 463. The molecule has 0 aliphatic heterocycles. The lowest BCUT2D eigenvalue weighted by atomic mass is 9.92. The first-order valence-corrected chi connectivity index (χ1v) is 4.43. The van der Waals surface area contributed by atoms with Gasteiger partial charge >= 0.3 is 35.7 Å². The Kier molecular flexibility index (Phi) is 4.73. The molecule has 0 aromatic heterocycles. The molecule has 4 nitrogen and oxygen atoms in total. The number of alkyl halides is 9. The van der Waals surface area contributed by atoms with Crippen LogP contribution in [-0.2, 0) is 19.1 Å². The highest BCUT2D eigenvalue weighted by molar-refractivity contribution is 6.21. The highest BCUT2D eigenvalue weighted by Crippen LogP contribution is 2.41. The molecule has 0 saturated heterocycles. The Morgan fingerprint density at radius 3 is 1.38 bits per heavy atom. The van der Waals surface area contributed by atoms with Gasteiger partial charge in [-0.2, -0.15) is 35.1 Å². The van der Waals surface area contributed by atoms with Gasteiger partial charge in [-0.05, 0) is 0 Å². The van der Waals surface area contributed by atoms with E-state index < -0.39 is 41.5 Å². The summed E-state index contributed by atoms with van der Waals surface area (Å²) < 4.78 is 114. The molecule has 0 radical (unpaired) electrons. The number of hydrogen-bond donors (Lipinski definition) is 0. The van der Waals surface area contributed by atoms with Crippen molar-refractivity contribution in [1.82, 2.24) is 0 Å². The number of halogens is 9. The molecule has 1 atom stereocenters. The summed E-state index contributed by atoms with van der Waals surface area (Å²) in [6, 6.07) is 0. The zero-order chi connectivity index (χ0) is 17.4. The molecule has 0 heterocycles. The number of ketones is 2. The molecule has 122 valence electrons. The average Bonchev–Trinajstić information content (AvgIpc) is 2.32. The summed E-state index contributed by atoms with van der Waals surface area (Å²) in [5.74, 6) is -18.2. The van der Waals surface area contributed by atoms with Crippen LogP contribution in [0.4, 0.5) is 39.5 Å². The van der Waals surface area contributed by atoms with Crippen LogP contribution in [0.2, 0.25) is 0 Å². The highest BCUT2D eigenvalue weighted by Gasteiger charge is 2.76. The Hall–Kier alpha value is -1.82. The van der Waals surface area contributed by atoms with E-state index in [4.69, 9.17) is 0 Å². The Balaban J connectivity index is 6.06. The number of hydrogen-bond acceptors (Lipinski definition) is 4. The van der Waals surface area contributed by atoms with Crippen LogP contribution in [0, 0.1) is 0 Å². The Labute approximate surface area is 108 Å². The lowest BCUT2D eigenvalue weighted by Gasteiger charge is -2.27. The fourth-order valence-electron chi connectivity index (χ4n) is 0.975. The van der Waals surface area contributed by atoms with Crippen LogP contribution in [0.3, 0.4) is 0 Å². The van der Waals surface area contributed by atoms with Crippen LogP contribution in [0.25, 0.3) is 0 Å². The lowest BCUT2D eigenvalue weighted by Crippen LogP contribution is -2.63. The van der Waals surface area contributed by atoms with Crippen LogP contribution in [0.5, 0.6) is 0 Å². The number of ether oxygens (including phenoxy) is 1. The van der Waals surface area contributed by atoms with Crippen LogP contribution in [-0.4, -0.2) is 48.6 Å². The number of methoxy groups -OCH3 is 1. The minimum atomic E-state index is -6.67. The SMILES string of the molecule is COC(=O)C(F)(C(=O)C(F)(F)C(=O)C(F)(F)F)C(F)(F)F. The summed E-state index contributed by atoms with van der Waals surface area (Å²) in [7, 11) is 0.0550. The molecule has 21 heavy (non-hydrogen) atoms. The van der Waals surface area contributed by atoms with Crippen molar-refractivity contribution in [3.63, 3.8) is 0 Å². The zero-order valence-electron chi connectivity index (χ0n) is 9.53. The minimum absolute atomic E-state index is 0.0550. The van der Waals surface area contributed by atoms with Crippen molar-refractivity contribution in [2.24, 2.45) is 0 Å². The van der Waals surface area contributed by atoms with Crippen LogP contribution in [0.15, 0.2) is 0 Å². The summed E-state index contributed by atoms with van der Waals surface area (Å²) in [5.41, 5.74) is -6.13. The topological polar surface area (TPSA) is 60.4 Å². The first kappa shape index (κ1) is 19.2. The van der Waals surface area contributed by atoms with Crippen molar-refractivity contribution in [3.8, 4) is 0 Å². The van der Waals surface area contributed by atoms with Gasteiger partial charge in [-0.1, -0.05) is 0 Å². The molecule has 1 unspecified atom stereocenters. The predicted molar refractivity (Wildman–Crippen MR) is 42.9 cm³/mol. The van der Waals surface area contributed by atoms with Gasteiger partial charge in [0.05, 0.1) is 7.11 Å². The monoisotopic (exact) mass is 334 g/mol. The van der Waals surface area contributed by atoms with E-state index in [0.29, 0.717) is 0 Å². The molecule has 0 bridgehead atoms. The predicted octanol–water partition coefficient (Wildman–Crippen LogP) is 1.77. The van der Waals surface area contributed by atoms with E-state index in [1.165, 1.54) is 0 Å². The van der Waals surface area contributed by atoms with Gasteiger partial charge in [0.25, 0.3) is 5.78 Å². The molecule has 0 amide bonds. The van der Waals surface area contributed by atoms with Crippen molar-refractivity contribution < 1.29 is 58.6 Å². The van der Waals surface area contributed by atoms with Gasteiger partial charge in [-0.25, -0.2) is 9.18 Å². The number of carbonyl (C=O) groups is 3. The van der Waals surface area contributed by atoms with Crippen molar-refractivity contribution in [1.29, 1.82) is 0 Å². The van der Waals surface area contributed by atoms with Crippen LogP contribution >= 0.6 is 0 Å². The number of carbonyl (C=O) groups excluding carboxylic acids is 3. The Morgan fingerprint density at radius 1 is 0.762 bits per heavy atom. The van der Waals surface area contributed by atoms with Crippen molar-refractivity contribution in [3.05, 3.63) is 0 Å². The molecule has 0 rings (SSSR count). The lowest BCUT2D eigenvalue weighted by molar-refractivity contribution is -0.243. The second-order valence-electron chi connectivity index (χ2n) is 3.38. The molecule has 0 aliphatic carbocycles. The van der Waals surface area contributed by atoms with E-state index in [9.17, 15) is 53.9 Å². The molecular weight excluding hydrogens is 331 g/mol. The van der Waals surface area contributed by atoms with Crippen molar-refractivity contribution in [2.75, 3.05) is 7.11 Å². The largest absolute Gasteiger partial charge is 0.466 e. The second kappa shape index (κ2) is 5.18. The average molecular weight is 334 g/mol. The van der Waals surface area contributed by atoms with Crippen molar-refractivity contribution in [2.45, 2.75) is 23.9 Å². The van der Waals surface area contributed by atoms with Gasteiger partial charge in [0.15, 0.2) is 0 Å². The maximum Gasteiger partial charge on any atom is 0.456 e. The third kappa shape index (κ3) is 3.10. The maximum atomic E-state index is 13.4. The van der Waals surface area contributed by atoms with Gasteiger partial charge in [-0.3, -0.25) is 9.59 Å². The first-order chi connectivity index (χ1) is 9.04. The summed E-state index contributed by atoms with van der Waals surface area (Å²) in [6.45, 7) is 0. The van der Waals surface area contributed by atoms with E-state index in [1.54, 1.807) is 0 Å². The van der Waals surface area contributed by atoms with Gasteiger partial charge in [0.2, 0.25) is 0 Å². The molecule has 13 heteroatoms. The fourth-order valence-corrected chi connectivity index (χ4v) is 0.975. The summed E-state index contributed by atoms with van der Waals surface area (Å²) in [4.78, 5) is 31.6. The van der Waals surface area contributed by atoms with Crippen LogP contribution < -0.4 is 0 Å². The summed E-state index contributed by atoms with van der Waals surface area (Å²) in [6.07, 6.45) is -13.1. The van der Waals surface area contributed by atoms with E-state index in [1.807, 2.05) is 0 Å². The molecule has 0 N–H and O–H groups in total. The number of Topliss-reactive ketones (excluding diaryl/α,β-unsaturated/α-hetero) is 2. The third-order valence-electron chi connectivity index (χ3n) is 2.00. The molecule has 0 spiro atoms. The van der Waals surface area contributed by atoms with E-state index >= 15 is 0 Å².